The number of aromatic nitrogens is 1. The summed E-state index contributed by atoms with van der Waals surface area (Å²) < 4.78 is 43.2. The summed E-state index contributed by atoms with van der Waals surface area (Å²) in [5.41, 5.74) is -1.78. The Bertz CT molecular complexity index is 1040. The molecule has 1 aromatic carbocycles. The molecule has 9 heteroatoms. The summed E-state index contributed by atoms with van der Waals surface area (Å²) in [6.45, 7) is 1.35. The van der Waals surface area contributed by atoms with Gasteiger partial charge >= 0.3 is 12.1 Å². The zero-order chi connectivity index (χ0) is 22.0. The Labute approximate surface area is 176 Å². The van der Waals surface area contributed by atoms with Gasteiger partial charge in [0.05, 0.1) is 0 Å². The Morgan fingerprint density at radius 3 is 2.20 bits per heavy atom. The van der Waals surface area contributed by atoms with Crippen molar-refractivity contribution in [3.8, 4) is 11.1 Å². The molecule has 2 saturated carbocycles. The smallest absolute Gasteiger partial charge is 0.431 e. The quantitative estimate of drug-likeness (QED) is 0.698. The van der Waals surface area contributed by atoms with E-state index >= 15 is 0 Å². The van der Waals surface area contributed by atoms with Crippen LogP contribution in [0, 0.1) is 6.92 Å². The second kappa shape index (κ2) is 6.77. The predicted molar refractivity (Wildman–Crippen MR) is 105 cm³/mol. The lowest BCUT2D eigenvalue weighted by atomic mass is 10.00. The van der Waals surface area contributed by atoms with Gasteiger partial charge in [-0.1, -0.05) is 23.7 Å². The molecular formula is C21H20ClF3N2O3. The van der Waals surface area contributed by atoms with Gasteiger partial charge < -0.3 is 14.6 Å². The van der Waals surface area contributed by atoms with E-state index in [2.05, 4.69) is 0 Å². The third-order valence-corrected chi connectivity index (χ3v) is 6.29. The predicted octanol–water partition coefficient (Wildman–Crippen LogP) is 5.16. The number of carboxylic acid groups (broad SMARTS) is 1. The molecule has 0 atom stereocenters. The van der Waals surface area contributed by atoms with Crippen LogP contribution in [0.15, 0.2) is 24.3 Å². The normalized spacial score (nSPS) is 17.7. The second-order valence-corrected chi connectivity index (χ2v) is 8.44. The van der Waals surface area contributed by atoms with Crippen molar-refractivity contribution in [2.75, 3.05) is 7.05 Å². The van der Waals surface area contributed by atoms with Crippen molar-refractivity contribution < 1.29 is 27.9 Å². The Morgan fingerprint density at radius 1 is 1.20 bits per heavy atom. The van der Waals surface area contributed by atoms with Gasteiger partial charge in [0.25, 0.3) is 5.91 Å². The molecule has 30 heavy (non-hydrogen) atoms. The van der Waals surface area contributed by atoms with E-state index < -0.39 is 35.3 Å². The largest absolute Gasteiger partial charge is 0.479 e. The monoisotopic (exact) mass is 440 g/mol. The van der Waals surface area contributed by atoms with Crippen LogP contribution in [0.3, 0.4) is 0 Å². The van der Waals surface area contributed by atoms with Crippen LogP contribution in [0.5, 0.6) is 0 Å². The Hall–Kier alpha value is -2.48. The molecule has 1 aromatic heterocycles. The Morgan fingerprint density at radius 2 is 1.77 bits per heavy atom. The summed E-state index contributed by atoms with van der Waals surface area (Å²) in [4.78, 5) is 26.3. The average molecular weight is 441 g/mol. The molecule has 1 heterocycles. The fraction of sp³-hybridized carbons (Fsp3) is 0.429. The number of nitrogens with zero attached hydrogens (tertiary/aromatic N) is 2. The summed E-state index contributed by atoms with van der Waals surface area (Å²) in [7, 11) is 1.35. The lowest BCUT2D eigenvalue weighted by molar-refractivity contribution is -0.145. The summed E-state index contributed by atoms with van der Waals surface area (Å²) in [5.74, 6) is -1.87. The minimum Gasteiger partial charge on any atom is -0.479 e. The van der Waals surface area contributed by atoms with Crippen LogP contribution in [0.2, 0.25) is 5.02 Å². The van der Waals surface area contributed by atoms with Crippen LogP contribution >= 0.6 is 11.6 Å². The molecule has 0 bridgehead atoms. The molecule has 0 aliphatic heterocycles. The first-order valence-electron chi connectivity index (χ1n) is 9.58. The molecule has 2 fully saturated rings. The number of alkyl halides is 3. The molecule has 1 N–H and O–H groups in total. The Balaban J connectivity index is 1.97. The van der Waals surface area contributed by atoms with E-state index in [4.69, 9.17) is 11.6 Å². The van der Waals surface area contributed by atoms with Gasteiger partial charge in [-0.3, -0.25) is 4.79 Å². The van der Waals surface area contributed by atoms with Gasteiger partial charge in [0.1, 0.15) is 16.9 Å². The fourth-order valence-corrected chi connectivity index (χ4v) is 4.23. The highest BCUT2D eigenvalue weighted by Crippen LogP contribution is 2.49. The molecule has 0 saturated heterocycles. The van der Waals surface area contributed by atoms with Gasteiger partial charge in [0.2, 0.25) is 0 Å². The van der Waals surface area contributed by atoms with Gasteiger partial charge in [-0.2, -0.15) is 13.2 Å². The van der Waals surface area contributed by atoms with Crippen molar-refractivity contribution in [1.29, 1.82) is 0 Å². The number of benzene rings is 1. The number of aliphatic carboxylic acids is 1. The first kappa shape index (κ1) is 20.8. The van der Waals surface area contributed by atoms with E-state index in [0.29, 0.717) is 23.4 Å². The van der Waals surface area contributed by atoms with Gasteiger partial charge in [0.15, 0.2) is 0 Å². The second-order valence-electron chi connectivity index (χ2n) is 8.00. The summed E-state index contributed by atoms with van der Waals surface area (Å²) in [6, 6.07) is 5.81. The van der Waals surface area contributed by atoms with Gasteiger partial charge in [-0.15, -0.1) is 0 Å². The summed E-state index contributed by atoms with van der Waals surface area (Å²) >= 11 is 5.94. The number of carbonyl (C=O) groups is 2. The first-order valence-corrected chi connectivity index (χ1v) is 9.96. The third kappa shape index (κ3) is 3.17. The number of amides is 1. The van der Waals surface area contributed by atoms with Gasteiger partial charge in [0, 0.05) is 23.7 Å². The number of rotatable bonds is 5. The summed E-state index contributed by atoms with van der Waals surface area (Å²) in [6.07, 6.45) is -3.04. The maximum atomic E-state index is 14.0. The van der Waals surface area contributed by atoms with E-state index in [1.165, 1.54) is 14.0 Å². The van der Waals surface area contributed by atoms with Crippen LogP contribution in [-0.2, 0) is 11.0 Å². The molecule has 0 spiro atoms. The van der Waals surface area contributed by atoms with E-state index in [-0.39, 0.29) is 29.7 Å². The van der Waals surface area contributed by atoms with E-state index in [1.54, 1.807) is 24.3 Å². The van der Waals surface area contributed by atoms with Crippen LogP contribution in [0.4, 0.5) is 13.2 Å². The zero-order valence-corrected chi connectivity index (χ0v) is 17.1. The standard InChI is InChI=1S/C21H20ClF3N2O3/c1-11-15(12-3-5-13(22)6-4-12)16(18(28)26(2)20(9-10-20)19(29)30)27(14-7-8-14)17(11)21(23,24)25/h3-6,14H,7-10H2,1-2H3,(H,29,30). The van der Waals surface area contributed by atoms with Crippen molar-refractivity contribution >= 4 is 23.5 Å². The van der Waals surface area contributed by atoms with E-state index in [1.807, 2.05) is 0 Å². The molecule has 4 rings (SSSR count). The number of likely N-dealkylation sites (N-methyl/N-ethyl adjacent to an activating group) is 1. The highest BCUT2D eigenvalue weighted by molar-refractivity contribution is 6.30. The number of hydrogen-bond donors (Lipinski definition) is 1. The number of hydrogen-bond acceptors (Lipinski definition) is 2. The number of carbonyl (C=O) groups excluding carboxylic acids is 1. The molecule has 160 valence electrons. The molecule has 1 amide bonds. The highest BCUT2D eigenvalue weighted by atomic mass is 35.5. The van der Waals surface area contributed by atoms with E-state index in [9.17, 15) is 27.9 Å². The van der Waals surface area contributed by atoms with Crippen LogP contribution < -0.4 is 0 Å². The van der Waals surface area contributed by atoms with Gasteiger partial charge in [-0.05, 0) is 55.9 Å². The fourth-order valence-electron chi connectivity index (χ4n) is 4.10. The lowest BCUT2D eigenvalue weighted by Gasteiger charge is -2.26. The van der Waals surface area contributed by atoms with Crippen molar-refractivity contribution in [2.45, 2.75) is 50.4 Å². The number of halogens is 4. The highest BCUT2D eigenvalue weighted by Gasteiger charge is 2.57. The average Bonchev–Trinajstić information content (AvgIpc) is 3.57. The van der Waals surface area contributed by atoms with Crippen LogP contribution in [0.25, 0.3) is 11.1 Å². The van der Waals surface area contributed by atoms with Crippen LogP contribution in [0.1, 0.15) is 53.5 Å². The molecule has 5 nitrogen and oxygen atoms in total. The SMILES string of the molecule is Cc1c(-c2ccc(Cl)cc2)c(C(=O)N(C)C2(C(=O)O)CC2)n(C2CC2)c1C(F)(F)F. The van der Waals surface area contributed by atoms with Crippen LogP contribution in [-0.4, -0.2) is 39.0 Å². The molecule has 0 unspecified atom stereocenters. The lowest BCUT2D eigenvalue weighted by Crippen LogP contribution is -2.45. The van der Waals surface area contributed by atoms with Crippen molar-refractivity contribution in [3.63, 3.8) is 0 Å². The zero-order valence-electron chi connectivity index (χ0n) is 16.4. The third-order valence-electron chi connectivity index (χ3n) is 6.03. The molecule has 2 aliphatic rings. The van der Waals surface area contributed by atoms with Crippen molar-refractivity contribution in [2.24, 2.45) is 0 Å². The summed E-state index contributed by atoms with van der Waals surface area (Å²) in [5, 5.41) is 9.99. The molecule has 0 radical (unpaired) electrons. The first-order chi connectivity index (χ1) is 14.0. The van der Waals surface area contributed by atoms with Crippen molar-refractivity contribution in [3.05, 3.63) is 46.2 Å². The topological polar surface area (TPSA) is 62.5 Å². The number of carboxylic acids is 1. The Kier molecular flexibility index (Phi) is 4.69. The molecular weight excluding hydrogens is 421 g/mol. The maximum Gasteiger partial charge on any atom is 0.431 e. The minimum atomic E-state index is -4.66. The minimum absolute atomic E-state index is 0.0476. The molecule has 2 aromatic rings. The molecule has 2 aliphatic carbocycles. The van der Waals surface area contributed by atoms with E-state index in [0.717, 1.165) is 9.47 Å². The van der Waals surface area contributed by atoms with Crippen molar-refractivity contribution in [1.82, 2.24) is 9.47 Å². The van der Waals surface area contributed by atoms with Gasteiger partial charge in [-0.25, -0.2) is 4.79 Å². The maximum absolute atomic E-state index is 14.0.